The van der Waals surface area contributed by atoms with E-state index in [9.17, 15) is 15.2 Å². The molecule has 0 saturated carbocycles. The minimum absolute atomic E-state index is 0.0367. The van der Waals surface area contributed by atoms with Crippen LogP contribution >= 0.6 is 0 Å². The number of nitro benzene ring substituents is 1. The van der Waals surface area contributed by atoms with E-state index in [1.54, 1.807) is 36.4 Å². The summed E-state index contributed by atoms with van der Waals surface area (Å²) in [5.41, 5.74) is 3.26. The molecule has 146 valence electrons. The molecule has 0 radical (unpaired) electrons. The lowest BCUT2D eigenvalue weighted by Gasteiger charge is -2.27. The molecule has 0 fully saturated rings. The Bertz CT molecular complexity index is 1040. The van der Waals surface area contributed by atoms with Crippen LogP contribution in [0.4, 0.5) is 11.4 Å². The monoisotopic (exact) mass is 389 g/mol. The Morgan fingerprint density at radius 3 is 2.14 bits per heavy atom. The summed E-state index contributed by atoms with van der Waals surface area (Å²) < 4.78 is 5.44. The normalized spacial score (nSPS) is 10.2. The Morgan fingerprint density at radius 2 is 1.62 bits per heavy atom. The van der Waals surface area contributed by atoms with Crippen LogP contribution in [0.15, 0.2) is 66.7 Å². The van der Waals surface area contributed by atoms with E-state index >= 15 is 0 Å². The molecule has 0 amide bonds. The molecule has 29 heavy (non-hydrogen) atoms. The molecular weight excluding hydrogens is 370 g/mol. The second-order valence-electron chi connectivity index (χ2n) is 6.44. The Kier molecular flexibility index (Phi) is 5.95. The van der Waals surface area contributed by atoms with Gasteiger partial charge in [0.15, 0.2) is 0 Å². The zero-order chi connectivity index (χ0) is 20.8. The topological polar surface area (TPSA) is 99.6 Å². The van der Waals surface area contributed by atoms with Crippen molar-refractivity contribution in [3.8, 4) is 17.6 Å². The standard InChI is InChI=1S/C22H19N3O4/c1-29-22-12-20(26)10-11-21(22)24(14-17-4-2-16(13-23)3-5-17)15-18-6-8-19(9-7-18)25(27)28/h2-12,26H,14-15H2,1H3. The summed E-state index contributed by atoms with van der Waals surface area (Å²) >= 11 is 0. The molecule has 7 heteroatoms. The van der Waals surface area contributed by atoms with Gasteiger partial charge in [-0.1, -0.05) is 24.3 Å². The van der Waals surface area contributed by atoms with Gasteiger partial charge < -0.3 is 14.7 Å². The number of nitrogens with zero attached hydrogens (tertiary/aromatic N) is 3. The van der Waals surface area contributed by atoms with Crippen LogP contribution in [0.5, 0.6) is 11.5 Å². The fourth-order valence-corrected chi connectivity index (χ4v) is 3.00. The Labute approximate surface area is 168 Å². The fourth-order valence-electron chi connectivity index (χ4n) is 3.00. The number of methoxy groups -OCH3 is 1. The number of hydrogen-bond acceptors (Lipinski definition) is 6. The molecule has 3 aromatic carbocycles. The third-order valence-electron chi connectivity index (χ3n) is 4.48. The first-order chi connectivity index (χ1) is 14.0. The highest BCUT2D eigenvalue weighted by atomic mass is 16.6. The Balaban J connectivity index is 1.94. The molecule has 0 atom stereocenters. The van der Waals surface area contributed by atoms with Crippen LogP contribution < -0.4 is 9.64 Å². The number of hydrogen-bond donors (Lipinski definition) is 1. The smallest absolute Gasteiger partial charge is 0.269 e. The van der Waals surface area contributed by atoms with Crippen molar-refractivity contribution in [2.75, 3.05) is 12.0 Å². The number of anilines is 1. The van der Waals surface area contributed by atoms with Crippen molar-refractivity contribution in [1.29, 1.82) is 5.26 Å². The average Bonchev–Trinajstić information content (AvgIpc) is 2.74. The quantitative estimate of drug-likeness (QED) is 0.475. The maximum atomic E-state index is 10.9. The van der Waals surface area contributed by atoms with Gasteiger partial charge in [0.1, 0.15) is 11.5 Å². The molecule has 1 N–H and O–H groups in total. The summed E-state index contributed by atoms with van der Waals surface area (Å²) in [6, 6.07) is 20.7. The van der Waals surface area contributed by atoms with Crippen LogP contribution in [0.3, 0.4) is 0 Å². The van der Waals surface area contributed by atoms with Crippen LogP contribution in [0.1, 0.15) is 16.7 Å². The summed E-state index contributed by atoms with van der Waals surface area (Å²) in [6.07, 6.45) is 0. The van der Waals surface area contributed by atoms with Gasteiger partial charge in [0.05, 0.1) is 29.4 Å². The number of phenolic OH excluding ortho intramolecular Hbond substituents is 1. The molecule has 0 aliphatic carbocycles. The van der Waals surface area contributed by atoms with Gasteiger partial charge >= 0.3 is 0 Å². The number of benzene rings is 3. The minimum Gasteiger partial charge on any atom is -0.508 e. The molecule has 0 saturated heterocycles. The molecular formula is C22H19N3O4. The van der Waals surface area contributed by atoms with Gasteiger partial charge in [0.2, 0.25) is 0 Å². The fraction of sp³-hybridized carbons (Fsp3) is 0.136. The third kappa shape index (κ3) is 4.82. The van der Waals surface area contributed by atoms with E-state index in [2.05, 4.69) is 6.07 Å². The van der Waals surface area contributed by atoms with E-state index in [1.807, 2.05) is 17.0 Å². The lowest BCUT2D eigenvalue weighted by molar-refractivity contribution is -0.384. The predicted octanol–water partition coefficient (Wildman–Crippen LogP) is 4.39. The van der Waals surface area contributed by atoms with Gasteiger partial charge in [0, 0.05) is 31.3 Å². The molecule has 0 spiro atoms. The van der Waals surface area contributed by atoms with Gasteiger partial charge in [-0.25, -0.2) is 0 Å². The molecule has 0 heterocycles. The summed E-state index contributed by atoms with van der Waals surface area (Å²) in [6.45, 7) is 0.989. The largest absolute Gasteiger partial charge is 0.508 e. The molecule has 0 unspecified atom stereocenters. The van der Waals surface area contributed by atoms with E-state index < -0.39 is 4.92 Å². The van der Waals surface area contributed by atoms with Crippen molar-refractivity contribution < 1.29 is 14.8 Å². The molecule has 0 bridgehead atoms. The van der Waals surface area contributed by atoms with Gasteiger partial charge in [0.25, 0.3) is 5.69 Å². The second kappa shape index (κ2) is 8.76. The van der Waals surface area contributed by atoms with Gasteiger partial charge in [-0.2, -0.15) is 5.26 Å². The van der Waals surface area contributed by atoms with Crippen LogP contribution in [-0.2, 0) is 13.1 Å². The Hall–Kier alpha value is -4.05. The highest BCUT2D eigenvalue weighted by molar-refractivity contribution is 5.61. The highest BCUT2D eigenvalue weighted by Crippen LogP contribution is 2.34. The van der Waals surface area contributed by atoms with Crippen molar-refractivity contribution in [1.82, 2.24) is 0 Å². The second-order valence-corrected chi connectivity index (χ2v) is 6.44. The summed E-state index contributed by atoms with van der Waals surface area (Å²) in [5.74, 6) is 0.611. The summed E-state index contributed by atoms with van der Waals surface area (Å²) in [7, 11) is 1.53. The van der Waals surface area contributed by atoms with Crippen molar-refractivity contribution in [3.05, 3.63) is 93.5 Å². The van der Waals surface area contributed by atoms with E-state index in [0.717, 1.165) is 16.8 Å². The number of nitro groups is 1. The molecule has 0 aromatic heterocycles. The van der Waals surface area contributed by atoms with E-state index in [0.29, 0.717) is 24.4 Å². The van der Waals surface area contributed by atoms with Crippen molar-refractivity contribution >= 4 is 11.4 Å². The van der Waals surface area contributed by atoms with Gasteiger partial charge in [-0.15, -0.1) is 0 Å². The third-order valence-corrected chi connectivity index (χ3v) is 4.48. The van der Waals surface area contributed by atoms with E-state index in [-0.39, 0.29) is 11.4 Å². The number of aromatic hydroxyl groups is 1. The Morgan fingerprint density at radius 1 is 1.03 bits per heavy atom. The van der Waals surface area contributed by atoms with Crippen LogP contribution in [0.2, 0.25) is 0 Å². The summed E-state index contributed by atoms with van der Waals surface area (Å²) in [5, 5.41) is 29.7. The van der Waals surface area contributed by atoms with Gasteiger partial charge in [-0.3, -0.25) is 10.1 Å². The lowest BCUT2D eigenvalue weighted by atomic mass is 10.1. The minimum atomic E-state index is -0.429. The highest BCUT2D eigenvalue weighted by Gasteiger charge is 2.15. The van der Waals surface area contributed by atoms with Crippen LogP contribution in [-0.4, -0.2) is 17.1 Å². The predicted molar refractivity (Wildman–Crippen MR) is 109 cm³/mol. The maximum Gasteiger partial charge on any atom is 0.269 e. The average molecular weight is 389 g/mol. The summed E-state index contributed by atoms with van der Waals surface area (Å²) in [4.78, 5) is 12.5. The van der Waals surface area contributed by atoms with Gasteiger partial charge in [-0.05, 0) is 35.4 Å². The molecule has 7 nitrogen and oxygen atoms in total. The van der Waals surface area contributed by atoms with Crippen molar-refractivity contribution in [3.63, 3.8) is 0 Å². The zero-order valence-corrected chi connectivity index (χ0v) is 15.8. The first kappa shape index (κ1) is 19.7. The maximum absolute atomic E-state index is 10.9. The molecule has 3 aromatic rings. The number of rotatable bonds is 7. The first-order valence-corrected chi connectivity index (χ1v) is 8.84. The van der Waals surface area contributed by atoms with E-state index in [1.165, 1.54) is 25.3 Å². The molecule has 0 aliphatic heterocycles. The first-order valence-electron chi connectivity index (χ1n) is 8.84. The molecule has 3 rings (SSSR count). The van der Waals surface area contributed by atoms with Crippen LogP contribution in [0.25, 0.3) is 0 Å². The van der Waals surface area contributed by atoms with Crippen LogP contribution in [0, 0.1) is 21.4 Å². The molecule has 0 aliphatic rings. The number of non-ortho nitro benzene ring substituents is 1. The lowest BCUT2D eigenvalue weighted by Crippen LogP contribution is -2.22. The number of nitriles is 1. The van der Waals surface area contributed by atoms with E-state index in [4.69, 9.17) is 10.00 Å². The van der Waals surface area contributed by atoms with Crippen molar-refractivity contribution in [2.45, 2.75) is 13.1 Å². The number of phenols is 1. The SMILES string of the molecule is COc1cc(O)ccc1N(Cc1ccc(C#N)cc1)Cc1ccc([N+](=O)[O-])cc1. The number of ether oxygens (including phenoxy) is 1. The van der Waals surface area contributed by atoms with Crippen molar-refractivity contribution in [2.24, 2.45) is 0 Å². The zero-order valence-electron chi connectivity index (χ0n) is 15.8.